The van der Waals surface area contributed by atoms with E-state index in [1.807, 2.05) is 19.1 Å². The second-order valence-corrected chi connectivity index (χ2v) is 8.24. The van der Waals surface area contributed by atoms with Gasteiger partial charge in [0.15, 0.2) is 5.16 Å². The summed E-state index contributed by atoms with van der Waals surface area (Å²) in [4.78, 5) is 34.7. The van der Waals surface area contributed by atoms with Crippen molar-refractivity contribution >= 4 is 45.9 Å². The fourth-order valence-corrected chi connectivity index (χ4v) is 4.04. The van der Waals surface area contributed by atoms with Gasteiger partial charge in [-0.3, -0.25) is 9.59 Å². The summed E-state index contributed by atoms with van der Waals surface area (Å²) in [7, 11) is 0. The number of halogens is 1. The van der Waals surface area contributed by atoms with Gasteiger partial charge in [0.1, 0.15) is 11.9 Å². The molecule has 0 radical (unpaired) electrons. The van der Waals surface area contributed by atoms with Gasteiger partial charge < -0.3 is 5.32 Å². The molecule has 0 saturated carbocycles. The van der Waals surface area contributed by atoms with Crippen molar-refractivity contribution < 1.29 is 4.79 Å². The minimum Gasteiger partial charge on any atom is -0.325 e. The fraction of sp³-hybridized carbons (Fsp3) is 0.0870. The van der Waals surface area contributed by atoms with Crippen LogP contribution in [0, 0.1) is 18.3 Å². The second-order valence-electron chi connectivity index (χ2n) is 6.89. The lowest BCUT2D eigenvalue weighted by Gasteiger charge is -2.13. The molecule has 0 aliphatic rings. The largest absolute Gasteiger partial charge is 0.325 e. The van der Waals surface area contributed by atoms with Gasteiger partial charge in [0.2, 0.25) is 5.91 Å². The average Bonchev–Trinajstić information content (AvgIpc) is 2.79. The number of aromatic nitrogens is 3. The molecule has 0 saturated heterocycles. The molecule has 0 aliphatic carbocycles. The lowest BCUT2D eigenvalue weighted by Crippen LogP contribution is -2.23. The van der Waals surface area contributed by atoms with Crippen LogP contribution in [0.1, 0.15) is 11.1 Å². The summed E-state index contributed by atoms with van der Waals surface area (Å²) in [5.41, 5.74) is 2.05. The molecular formula is C23H16ClN5O2S. The van der Waals surface area contributed by atoms with Gasteiger partial charge in [-0.25, -0.2) is 14.5 Å². The first-order chi connectivity index (χ1) is 15.5. The maximum absolute atomic E-state index is 13.2. The molecule has 9 heteroatoms. The quantitative estimate of drug-likeness (QED) is 0.350. The van der Waals surface area contributed by atoms with E-state index in [4.69, 9.17) is 16.9 Å². The Labute approximate surface area is 192 Å². The Kier molecular flexibility index (Phi) is 6.21. The number of nitriles is 1. The molecule has 2 aromatic heterocycles. The van der Waals surface area contributed by atoms with Crippen molar-refractivity contribution in [2.75, 3.05) is 11.1 Å². The van der Waals surface area contributed by atoms with Gasteiger partial charge in [-0.05, 0) is 48.9 Å². The number of nitrogens with zero attached hydrogens (tertiary/aromatic N) is 4. The number of amides is 1. The van der Waals surface area contributed by atoms with Crippen molar-refractivity contribution in [3.63, 3.8) is 0 Å². The molecule has 0 spiro atoms. The topological polar surface area (TPSA) is 101 Å². The van der Waals surface area contributed by atoms with Crippen LogP contribution in [0.5, 0.6) is 0 Å². The van der Waals surface area contributed by atoms with Gasteiger partial charge in [0.05, 0.1) is 27.2 Å². The Morgan fingerprint density at radius 3 is 2.75 bits per heavy atom. The molecule has 32 heavy (non-hydrogen) atoms. The molecule has 2 aromatic carbocycles. The first kappa shape index (κ1) is 21.6. The first-order valence-electron chi connectivity index (χ1n) is 9.53. The van der Waals surface area contributed by atoms with Crippen molar-refractivity contribution in [1.29, 1.82) is 5.26 Å². The van der Waals surface area contributed by atoms with Crippen LogP contribution < -0.4 is 10.9 Å². The molecule has 0 aliphatic heterocycles. The van der Waals surface area contributed by atoms with Crippen LogP contribution in [0.3, 0.4) is 0 Å². The van der Waals surface area contributed by atoms with E-state index in [1.54, 1.807) is 42.6 Å². The van der Waals surface area contributed by atoms with Crippen LogP contribution in [-0.4, -0.2) is 26.2 Å². The predicted octanol–water partition coefficient (Wildman–Crippen LogP) is 4.35. The number of rotatable bonds is 5. The number of hydrogen-bond donors (Lipinski definition) is 1. The van der Waals surface area contributed by atoms with Crippen molar-refractivity contribution in [3.8, 4) is 11.9 Å². The molecule has 4 rings (SSSR count). The SMILES string of the molecule is Cc1ccc(-n2c(SCC(=O)Nc3ccc(C#N)c(Cl)c3)nc3ccccc3c2=O)nc1. The predicted molar refractivity (Wildman–Crippen MR) is 125 cm³/mol. The van der Waals surface area contributed by atoms with E-state index in [9.17, 15) is 9.59 Å². The number of pyridine rings is 1. The highest BCUT2D eigenvalue weighted by Crippen LogP contribution is 2.23. The van der Waals surface area contributed by atoms with Crippen molar-refractivity contribution in [1.82, 2.24) is 14.5 Å². The minimum absolute atomic E-state index is 0.00820. The van der Waals surface area contributed by atoms with Crippen LogP contribution in [0.15, 0.2) is 70.7 Å². The van der Waals surface area contributed by atoms with E-state index >= 15 is 0 Å². The molecular weight excluding hydrogens is 446 g/mol. The van der Waals surface area contributed by atoms with Crippen molar-refractivity contribution in [3.05, 3.63) is 87.3 Å². The van der Waals surface area contributed by atoms with Crippen LogP contribution in [0.4, 0.5) is 5.69 Å². The molecule has 0 unspecified atom stereocenters. The maximum Gasteiger partial charge on any atom is 0.267 e. The Hall–Kier alpha value is -3.67. The number of aryl methyl sites for hydroxylation is 1. The van der Waals surface area contributed by atoms with Gasteiger partial charge in [-0.2, -0.15) is 5.26 Å². The number of anilines is 1. The van der Waals surface area contributed by atoms with Crippen LogP contribution in [-0.2, 0) is 4.79 Å². The van der Waals surface area contributed by atoms with Gasteiger partial charge >= 0.3 is 0 Å². The summed E-state index contributed by atoms with van der Waals surface area (Å²) >= 11 is 7.15. The summed E-state index contributed by atoms with van der Waals surface area (Å²) in [5, 5.41) is 12.8. The highest BCUT2D eigenvalue weighted by atomic mass is 35.5. The molecule has 0 atom stereocenters. The van der Waals surface area contributed by atoms with Gasteiger partial charge in [0, 0.05) is 11.9 Å². The monoisotopic (exact) mass is 461 g/mol. The Morgan fingerprint density at radius 1 is 1.22 bits per heavy atom. The normalized spacial score (nSPS) is 10.7. The smallest absolute Gasteiger partial charge is 0.267 e. The van der Waals surface area contributed by atoms with E-state index in [2.05, 4.69) is 15.3 Å². The number of carbonyl (C=O) groups excluding carboxylic acids is 1. The highest BCUT2D eigenvalue weighted by molar-refractivity contribution is 7.99. The Morgan fingerprint density at radius 2 is 2.03 bits per heavy atom. The maximum atomic E-state index is 13.2. The van der Waals surface area contributed by atoms with Crippen molar-refractivity contribution in [2.45, 2.75) is 12.1 Å². The third-order valence-electron chi connectivity index (χ3n) is 4.58. The van der Waals surface area contributed by atoms with Crippen molar-refractivity contribution in [2.24, 2.45) is 0 Å². The minimum atomic E-state index is -0.304. The molecule has 1 amide bonds. The number of para-hydroxylation sites is 1. The zero-order valence-electron chi connectivity index (χ0n) is 16.9. The first-order valence-corrected chi connectivity index (χ1v) is 10.9. The standard InChI is InChI=1S/C23H16ClN5O2S/c1-14-6-9-20(26-12-14)29-22(31)17-4-2-3-5-19(17)28-23(29)32-13-21(30)27-16-8-7-15(11-25)18(24)10-16/h2-10,12H,13H2,1H3,(H,27,30). The molecule has 4 aromatic rings. The number of thioether (sulfide) groups is 1. The summed E-state index contributed by atoms with van der Waals surface area (Å²) in [5.74, 6) is 0.135. The van der Waals surface area contributed by atoms with Gasteiger partial charge in [0.25, 0.3) is 5.56 Å². The molecule has 1 N–H and O–H groups in total. The summed E-state index contributed by atoms with van der Waals surface area (Å²) in [6.45, 7) is 1.91. The molecule has 0 bridgehead atoms. The van der Waals surface area contributed by atoms with E-state index in [1.165, 1.54) is 16.7 Å². The van der Waals surface area contributed by atoms with Gasteiger partial charge in [-0.15, -0.1) is 0 Å². The number of nitrogens with one attached hydrogen (secondary N) is 1. The molecule has 2 heterocycles. The Balaban J connectivity index is 1.63. The lowest BCUT2D eigenvalue weighted by molar-refractivity contribution is -0.113. The number of hydrogen-bond acceptors (Lipinski definition) is 6. The van der Waals surface area contributed by atoms with Crippen LogP contribution >= 0.6 is 23.4 Å². The van der Waals surface area contributed by atoms with Crippen LogP contribution in [0.2, 0.25) is 5.02 Å². The molecule has 7 nitrogen and oxygen atoms in total. The van der Waals surface area contributed by atoms with E-state index in [0.29, 0.717) is 33.1 Å². The highest BCUT2D eigenvalue weighted by Gasteiger charge is 2.16. The third-order valence-corrected chi connectivity index (χ3v) is 5.83. The zero-order valence-corrected chi connectivity index (χ0v) is 18.4. The number of benzene rings is 2. The molecule has 0 fully saturated rings. The number of carbonyl (C=O) groups is 1. The molecule has 158 valence electrons. The zero-order chi connectivity index (χ0) is 22.7. The Bertz CT molecular complexity index is 1430. The second kappa shape index (κ2) is 9.22. The van der Waals surface area contributed by atoms with E-state index in [-0.39, 0.29) is 22.2 Å². The average molecular weight is 462 g/mol. The fourth-order valence-electron chi connectivity index (χ4n) is 3.01. The van der Waals surface area contributed by atoms with Gasteiger partial charge in [-0.1, -0.05) is 41.6 Å². The third kappa shape index (κ3) is 4.49. The van der Waals surface area contributed by atoms with E-state index in [0.717, 1.165) is 17.3 Å². The summed E-state index contributed by atoms with van der Waals surface area (Å²) in [6, 6.07) is 17.3. The van der Waals surface area contributed by atoms with Crippen LogP contribution in [0.25, 0.3) is 16.7 Å². The summed E-state index contributed by atoms with van der Waals surface area (Å²) < 4.78 is 1.41. The number of fused-ring (bicyclic) bond motifs is 1. The lowest BCUT2D eigenvalue weighted by atomic mass is 10.2. The van der Waals surface area contributed by atoms with E-state index < -0.39 is 0 Å². The summed E-state index contributed by atoms with van der Waals surface area (Å²) in [6.07, 6.45) is 1.67.